The van der Waals surface area contributed by atoms with Crippen LogP contribution < -0.4 is 10.5 Å². The van der Waals surface area contributed by atoms with E-state index in [0.717, 1.165) is 0 Å². The van der Waals surface area contributed by atoms with Crippen molar-refractivity contribution in [2.45, 2.75) is 70.0 Å². The molecule has 15 heteroatoms. The van der Waals surface area contributed by atoms with Gasteiger partial charge in [0.1, 0.15) is 17.1 Å². The van der Waals surface area contributed by atoms with Gasteiger partial charge in [0, 0.05) is 6.42 Å². The molecule has 4 rings (SSSR count). The van der Waals surface area contributed by atoms with Gasteiger partial charge in [0.2, 0.25) is 11.8 Å². The lowest BCUT2D eigenvalue weighted by molar-refractivity contribution is -0.147. The van der Waals surface area contributed by atoms with Crippen LogP contribution in [-0.2, 0) is 32.4 Å². The summed E-state index contributed by atoms with van der Waals surface area (Å²) in [6, 6.07) is 0. The van der Waals surface area contributed by atoms with E-state index in [0.29, 0.717) is 17.8 Å². The van der Waals surface area contributed by atoms with Crippen molar-refractivity contribution >= 4 is 42.5 Å². The van der Waals surface area contributed by atoms with Gasteiger partial charge in [-0.3, -0.25) is 22.9 Å². The molecule has 4 heterocycles. The smallest absolute Gasteiger partial charge is 0.475 e. The molecule has 0 aliphatic carbocycles. The van der Waals surface area contributed by atoms with Gasteiger partial charge in [-0.2, -0.15) is 9.97 Å². The van der Waals surface area contributed by atoms with Gasteiger partial charge < -0.3 is 19.9 Å². The van der Waals surface area contributed by atoms with Crippen LogP contribution in [0.2, 0.25) is 0 Å². The second-order valence-corrected chi connectivity index (χ2v) is 11.0. The van der Waals surface area contributed by atoms with E-state index in [1.807, 2.05) is 6.92 Å². The molecule has 2 saturated heterocycles. The van der Waals surface area contributed by atoms with E-state index in [1.165, 1.54) is 6.33 Å². The number of phosphoric ester groups is 1. The molecule has 35 heavy (non-hydrogen) atoms. The largest absolute Gasteiger partial charge is 0.476 e. The number of nitrogen functional groups attached to an aromatic ring is 1. The minimum absolute atomic E-state index is 0.00384. The van der Waals surface area contributed by atoms with Crippen molar-refractivity contribution in [2.24, 2.45) is 0 Å². The lowest BCUT2D eigenvalue weighted by atomic mass is 10.0. The van der Waals surface area contributed by atoms with E-state index in [2.05, 4.69) is 15.0 Å². The minimum atomic E-state index is -3.93. The lowest BCUT2D eigenvalue weighted by Crippen LogP contribution is -2.44. The summed E-state index contributed by atoms with van der Waals surface area (Å²) in [6.45, 7) is 7.32. The number of halogens is 1. The molecule has 0 amide bonds. The van der Waals surface area contributed by atoms with Crippen molar-refractivity contribution in [3.63, 3.8) is 0 Å². The number of ether oxygens (including phenoxy) is 3. The zero-order valence-corrected chi connectivity index (χ0v) is 21.5. The third-order valence-electron chi connectivity index (χ3n) is 5.40. The summed E-state index contributed by atoms with van der Waals surface area (Å²) in [5.74, 6) is -0.114. The molecule has 2 N–H and O–H groups in total. The Kier molecular flexibility index (Phi) is 7.56. The molecule has 5 atom stereocenters. The fourth-order valence-corrected chi connectivity index (χ4v) is 5.86. The van der Waals surface area contributed by atoms with Crippen molar-refractivity contribution in [2.75, 3.05) is 25.6 Å². The van der Waals surface area contributed by atoms with Gasteiger partial charge in [-0.25, -0.2) is 9.55 Å². The first kappa shape index (κ1) is 26.1. The van der Waals surface area contributed by atoms with Crippen LogP contribution in [0.1, 0.15) is 46.8 Å². The second-order valence-electron chi connectivity index (χ2n) is 8.57. The Bertz CT molecular complexity index is 1130. The number of imidazole rings is 1. The van der Waals surface area contributed by atoms with Crippen molar-refractivity contribution < 1.29 is 37.1 Å². The number of phosphoric acid groups is 1. The van der Waals surface area contributed by atoms with Gasteiger partial charge in [-0.05, 0) is 34.1 Å². The standard InChI is InChI=1S/C20H29ClN5O8P/c1-5-29-17-14-16(24-19(22)25-17)26(10-23-14)18-20(4,21)15-12(33-18)9-31-35(28,34-15)30-8-6-7-13(27)32-11(2)3/h10-12,15,18H,5-9H2,1-4H3,(H2,22,24,25)/t12-,15-,18-,20-,35-/m1/s1. The molecule has 2 fully saturated rings. The molecule has 2 aromatic heterocycles. The Hall–Kier alpha value is -2.02. The molecule has 13 nitrogen and oxygen atoms in total. The summed E-state index contributed by atoms with van der Waals surface area (Å²) < 4.78 is 47.9. The molecule has 0 saturated carbocycles. The Morgan fingerprint density at radius 3 is 2.91 bits per heavy atom. The highest BCUT2D eigenvalue weighted by molar-refractivity contribution is 7.48. The van der Waals surface area contributed by atoms with Crippen molar-refractivity contribution in [1.82, 2.24) is 19.5 Å². The van der Waals surface area contributed by atoms with Gasteiger partial charge >= 0.3 is 13.8 Å². The number of hydrogen-bond donors (Lipinski definition) is 1. The zero-order chi connectivity index (χ0) is 25.4. The van der Waals surface area contributed by atoms with E-state index in [-0.39, 0.29) is 50.0 Å². The summed E-state index contributed by atoms with van der Waals surface area (Å²) in [7, 11) is -3.93. The number of nitrogens with zero attached hydrogens (tertiary/aromatic N) is 4. The number of esters is 1. The predicted molar refractivity (Wildman–Crippen MR) is 124 cm³/mol. The number of rotatable bonds is 9. The fourth-order valence-electron chi connectivity index (χ4n) is 3.94. The normalized spacial score (nSPS) is 30.5. The molecule has 2 aliphatic heterocycles. The summed E-state index contributed by atoms with van der Waals surface area (Å²) >= 11 is 6.92. The Morgan fingerprint density at radius 1 is 1.43 bits per heavy atom. The van der Waals surface area contributed by atoms with Crippen LogP contribution in [0.4, 0.5) is 5.95 Å². The van der Waals surface area contributed by atoms with Crippen LogP contribution in [-0.4, -0.2) is 68.5 Å². The van der Waals surface area contributed by atoms with Crippen LogP contribution in [0.15, 0.2) is 6.33 Å². The van der Waals surface area contributed by atoms with Gasteiger partial charge in [0.05, 0.1) is 32.3 Å². The highest BCUT2D eigenvalue weighted by Crippen LogP contribution is 2.60. The van der Waals surface area contributed by atoms with Crippen LogP contribution in [0, 0.1) is 0 Å². The quantitative estimate of drug-likeness (QED) is 0.217. The predicted octanol–water partition coefficient (Wildman–Crippen LogP) is 2.97. The minimum Gasteiger partial charge on any atom is -0.476 e. The number of aromatic nitrogens is 4. The Balaban J connectivity index is 1.47. The average Bonchev–Trinajstić information content (AvgIpc) is 3.29. The maximum absolute atomic E-state index is 13.1. The number of anilines is 1. The molecular weight excluding hydrogens is 505 g/mol. The van der Waals surface area contributed by atoms with Crippen molar-refractivity contribution in [3.8, 4) is 5.88 Å². The molecule has 0 aromatic carbocycles. The van der Waals surface area contributed by atoms with E-state index in [1.54, 1.807) is 25.3 Å². The molecule has 0 radical (unpaired) electrons. The highest BCUT2D eigenvalue weighted by atomic mass is 35.5. The van der Waals surface area contributed by atoms with E-state index < -0.39 is 31.1 Å². The monoisotopic (exact) mass is 533 g/mol. The maximum Gasteiger partial charge on any atom is 0.475 e. The molecule has 0 spiro atoms. The average molecular weight is 534 g/mol. The third kappa shape index (κ3) is 5.40. The lowest BCUT2D eigenvalue weighted by Gasteiger charge is -2.34. The number of alkyl halides is 1. The first-order valence-electron chi connectivity index (χ1n) is 11.3. The molecule has 194 valence electrons. The molecule has 0 unspecified atom stereocenters. The van der Waals surface area contributed by atoms with Crippen molar-refractivity contribution in [1.29, 1.82) is 0 Å². The van der Waals surface area contributed by atoms with Crippen LogP contribution in [0.3, 0.4) is 0 Å². The fraction of sp³-hybridized carbons (Fsp3) is 0.700. The molecule has 2 aliphatic rings. The number of nitrogens with two attached hydrogens (primary N) is 1. The molecular formula is C20H29ClN5O8P. The van der Waals surface area contributed by atoms with Gasteiger partial charge in [-0.1, -0.05) is 0 Å². The first-order chi connectivity index (χ1) is 16.5. The Morgan fingerprint density at radius 2 is 2.20 bits per heavy atom. The van der Waals surface area contributed by atoms with Gasteiger partial charge in [-0.15, -0.1) is 11.6 Å². The van der Waals surface area contributed by atoms with Crippen LogP contribution in [0.25, 0.3) is 11.2 Å². The second kappa shape index (κ2) is 10.2. The Labute approximate surface area is 207 Å². The number of fused-ring (bicyclic) bond motifs is 2. The van der Waals surface area contributed by atoms with Crippen molar-refractivity contribution in [3.05, 3.63) is 6.33 Å². The molecule has 2 aromatic rings. The summed E-state index contributed by atoms with van der Waals surface area (Å²) in [6.07, 6.45) is -0.574. The summed E-state index contributed by atoms with van der Waals surface area (Å²) in [4.78, 5) is 23.2. The van der Waals surface area contributed by atoms with Crippen LogP contribution >= 0.6 is 19.4 Å². The van der Waals surface area contributed by atoms with Gasteiger partial charge in [0.15, 0.2) is 17.4 Å². The molecule has 0 bridgehead atoms. The topological polar surface area (TPSA) is 159 Å². The maximum atomic E-state index is 13.1. The van der Waals surface area contributed by atoms with E-state index in [4.69, 9.17) is 45.1 Å². The first-order valence-corrected chi connectivity index (χ1v) is 13.1. The van der Waals surface area contributed by atoms with E-state index in [9.17, 15) is 9.36 Å². The SMILES string of the molecule is CCOc1nc(N)nc2c1ncn2[C@@H]1O[C@@H]2CO[P@@](=O)(OCCCC(=O)OC(C)C)O[C@H]2[C@@]1(C)Cl. The number of carbonyl (C=O) groups is 1. The number of hydrogen-bond acceptors (Lipinski definition) is 12. The van der Waals surface area contributed by atoms with Crippen LogP contribution in [0.5, 0.6) is 5.88 Å². The zero-order valence-electron chi connectivity index (χ0n) is 19.9. The third-order valence-corrected chi connectivity index (χ3v) is 7.25. The summed E-state index contributed by atoms with van der Waals surface area (Å²) in [5.41, 5.74) is 6.62. The highest BCUT2D eigenvalue weighted by Gasteiger charge is 2.60. The summed E-state index contributed by atoms with van der Waals surface area (Å²) in [5, 5.41) is 0. The van der Waals surface area contributed by atoms with Gasteiger partial charge in [0.25, 0.3) is 0 Å². The van der Waals surface area contributed by atoms with E-state index >= 15 is 0 Å². The number of carbonyl (C=O) groups excluding carboxylic acids is 1.